The normalized spacial score (nSPS) is 18.7. The van der Waals surface area contributed by atoms with Gasteiger partial charge in [0.2, 0.25) is 0 Å². The van der Waals surface area contributed by atoms with E-state index in [0.29, 0.717) is 23.7 Å². The molecular formula is C12H16N2O4. The lowest BCUT2D eigenvalue weighted by atomic mass is 10.2. The summed E-state index contributed by atoms with van der Waals surface area (Å²) in [6.45, 7) is 0.613. The van der Waals surface area contributed by atoms with Crippen LogP contribution in [0.3, 0.4) is 0 Å². The van der Waals surface area contributed by atoms with Crippen molar-refractivity contribution in [3.63, 3.8) is 0 Å². The maximum Gasteiger partial charge on any atom is 0.414 e. The number of carbonyl (C=O) groups excluding carboxylic acids is 1. The number of nitrogens with zero attached hydrogens (tertiary/aromatic N) is 1. The lowest BCUT2D eigenvalue weighted by Gasteiger charge is -2.22. The van der Waals surface area contributed by atoms with Gasteiger partial charge < -0.3 is 19.9 Å². The maximum atomic E-state index is 11.8. The molecule has 98 valence electrons. The van der Waals surface area contributed by atoms with Crippen LogP contribution in [0.15, 0.2) is 18.2 Å². The van der Waals surface area contributed by atoms with Crippen molar-refractivity contribution >= 4 is 11.8 Å². The Morgan fingerprint density at radius 3 is 2.83 bits per heavy atom. The molecule has 1 saturated heterocycles. The van der Waals surface area contributed by atoms with Gasteiger partial charge in [0.15, 0.2) is 0 Å². The molecule has 2 N–H and O–H groups in total. The summed E-state index contributed by atoms with van der Waals surface area (Å²) in [6.07, 6.45) is -0.419. The first-order chi connectivity index (χ1) is 8.71. The smallest absolute Gasteiger partial charge is 0.414 e. The van der Waals surface area contributed by atoms with Gasteiger partial charge in [-0.2, -0.15) is 0 Å². The highest BCUT2D eigenvalue weighted by atomic mass is 16.6. The molecule has 0 radical (unpaired) electrons. The van der Waals surface area contributed by atoms with Crippen molar-refractivity contribution < 1.29 is 19.0 Å². The number of benzene rings is 1. The molecule has 0 bridgehead atoms. The van der Waals surface area contributed by atoms with Crippen molar-refractivity contribution in [2.45, 2.75) is 6.04 Å². The Kier molecular flexibility index (Phi) is 3.57. The predicted molar refractivity (Wildman–Crippen MR) is 66.2 cm³/mol. The fraction of sp³-hybridized carbons (Fsp3) is 0.417. The summed E-state index contributed by atoms with van der Waals surface area (Å²) < 4.78 is 15.4. The quantitative estimate of drug-likeness (QED) is 0.865. The van der Waals surface area contributed by atoms with Gasteiger partial charge in [0.25, 0.3) is 0 Å². The van der Waals surface area contributed by atoms with Crippen molar-refractivity contribution in [2.24, 2.45) is 5.73 Å². The number of amides is 1. The molecule has 2 rings (SSSR count). The van der Waals surface area contributed by atoms with E-state index in [1.807, 2.05) is 0 Å². The highest BCUT2D eigenvalue weighted by Gasteiger charge is 2.35. The van der Waals surface area contributed by atoms with Gasteiger partial charge in [-0.15, -0.1) is 0 Å². The minimum absolute atomic E-state index is 0.182. The Balaban J connectivity index is 2.44. The van der Waals surface area contributed by atoms with Crippen LogP contribution < -0.4 is 20.1 Å². The molecule has 0 spiro atoms. The van der Waals surface area contributed by atoms with E-state index < -0.39 is 6.09 Å². The number of carbonyl (C=O) groups is 1. The Morgan fingerprint density at radius 2 is 2.22 bits per heavy atom. The second-order valence-electron chi connectivity index (χ2n) is 3.87. The molecule has 1 aliphatic heterocycles. The minimum Gasteiger partial charge on any atom is -0.497 e. The van der Waals surface area contributed by atoms with Crippen LogP contribution in [-0.2, 0) is 4.74 Å². The SMILES string of the molecule is COc1ccc(OC)c(N2C(=O)OCC2CN)c1. The van der Waals surface area contributed by atoms with Crippen LogP contribution in [-0.4, -0.2) is 39.5 Å². The summed E-state index contributed by atoms with van der Waals surface area (Å²) in [6, 6.07) is 5.06. The first kappa shape index (κ1) is 12.5. The number of hydrogen-bond acceptors (Lipinski definition) is 5. The summed E-state index contributed by atoms with van der Waals surface area (Å²) in [5.41, 5.74) is 6.25. The van der Waals surface area contributed by atoms with E-state index in [1.165, 1.54) is 4.90 Å². The summed E-state index contributed by atoms with van der Waals surface area (Å²) in [5, 5.41) is 0. The van der Waals surface area contributed by atoms with Gasteiger partial charge in [-0.3, -0.25) is 4.90 Å². The van der Waals surface area contributed by atoms with Gasteiger partial charge in [0.1, 0.15) is 18.1 Å². The van der Waals surface area contributed by atoms with E-state index in [4.69, 9.17) is 19.9 Å². The molecule has 0 saturated carbocycles. The Bertz CT molecular complexity index is 450. The molecule has 18 heavy (non-hydrogen) atoms. The van der Waals surface area contributed by atoms with Crippen LogP contribution >= 0.6 is 0 Å². The maximum absolute atomic E-state index is 11.8. The minimum atomic E-state index is -0.419. The van der Waals surface area contributed by atoms with Crippen molar-refractivity contribution in [1.82, 2.24) is 0 Å². The third-order valence-electron chi connectivity index (χ3n) is 2.88. The number of methoxy groups -OCH3 is 2. The summed E-state index contributed by atoms with van der Waals surface area (Å²) >= 11 is 0. The number of cyclic esters (lactones) is 1. The van der Waals surface area contributed by atoms with Crippen molar-refractivity contribution in [2.75, 3.05) is 32.3 Å². The highest BCUT2D eigenvalue weighted by molar-refractivity contribution is 5.92. The topological polar surface area (TPSA) is 74.0 Å². The van der Waals surface area contributed by atoms with E-state index in [-0.39, 0.29) is 12.6 Å². The van der Waals surface area contributed by atoms with E-state index in [9.17, 15) is 4.79 Å². The van der Waals surface area contributed by atoms with Crippen LogP contribution in [0.1, 0.15) is 0 Å². The van der Waals surface area contributed by atoms with E-state index >= 15 is 0 Å². The molecule has 1 aromatic rings. The standard InChI is InChI=1S/C12H16N2O4/c1-16-9-3-4-11(17-2)10(5-9)14-8(6-13)7-18-12(14)15/h3-5,8H,6-7,13H2,1-2H3. The summed E-state index contributed by atoms with van der Waals surface area (Å²) in [7, 11) is 3.11. The molecule has 1 unspecified atom stereocenters. The molecular weight excluding hydrogens is 236 g/mol. The number of ether oxygens (including phenoxy) is 3. The average molecular weight is 252 g/mol. The third-order valence-corrected chi connectivity index (χ3v) is 2.88. The zero-order chi connectivity index (χ0) is 13.1. The van der Waals surface area contributed by atoms with Gasteiger partial charge in [-0.1, -0.05) is 0 Å². The molecule has 0 aromatic heterocycles. The van der Waals surface area contributed by atoms with Crippen LogP contribution in [0.4, 0.5) is 10.5 Å². The fourth-order valence-electron chi connectivity index (χ4n) is 1.91. The Morgan fingerprint density at radius 1 is 1.44 bits per heavy atom. The fourth-order valence-corrected chi connectivity index (χ4v) is 1.91. The first-order valence-corrected chi connectivity index (χ1v) is 5.59. The molecule has 1 amide bonds. The number of nitrogens with two attached hydrogens (primary N) is 1. The van der Waals surface area contributed by atoms with Crippen LogP contribution in [0.25, 0.3) is 0 Å². The van der Waals surface area contributed by atoms with Gasteiger partial charge in [-0.05, 0) is 12.1 Å². The van der Waals surface area contributed by atoms with Gasteiger partial charge in [0.05, 0.1) is 25.9 Å². The molecule has 0 aliphatic carbocycles. The molecule has 1 atom stereocenters. The first-order valence-electron chi connectivity index (χ1n) is 5.59. The van der Waals surface area contributed by atoms with E-state index in [0.717, 1.165) is 0 Å². The van der Waals surface area contributed by atoms with Gasteiger partial charge in [0, 0.05) is 12.6 Å². The van der Waals surface area contributed by atoms with E-state index in [1.54, 1.807) is 32.4 Å². The highest BCUT2D eigenvalue weighted by Crippen LogP contribution is 2.35. The van der Waals surface area contributed by atoms with Crippen LogP contribution in [0, 0.1) is 0 Å². The zero-order valence-electron chi connectivity index (χ0n) is 10.4. The summed E-state index contributed by atoms with van der Waals surface area (Å²) in [4.78, 5) is 13.3. The van der Waals surface area contributed by atoms with Crippen LogP contribution in [0.5, 0.6) is 11.5 Å². The van der Waals surface area contributed by atoms with Crippen molar-refractivity contribution in [1.29, 1.82) is 0 Å². The van der Waals surface area contributed by atoms with Gasteiger partial charge >= 0.3 is 6.09 Å². The van der Waals surface area contributed by atoms with Gasteiger partial charge in [-0.25, -0.2) is 4.79 Å². The molecule has 1 fully saturated rings. The second kappa shape index (κ2) is 5.14. The number of hydrogen-bond donors (Lipinski definition) is 1. The second-order valence-corrected chi connectivity index (χ2v) is 3.87. The van der Waals surface area contributed by atoms with E-state index in [2.05, 4.69) is 0 Å². The largest absolute Gasteiger partial charge is 0.497 e. The summed E-state index contributed by atoms with van der Waals surface area (Å²) in [5.74, 6) is 1.22. The number of anilines is 1. The molecule has 1 heterocycles. The zero-order valence-corrected chi connectivity index (χ0v) is 10.4. The predicted octanol–water partition coefficient (Wildman–Crippen LogP) is 0.988. The van der Waals surface area contributed by atoms with Crippen molar-refractivity contribution in [3.05, 3.63) is 18.2 Å². The monoisotopic (exact) mass is 252 g/mol. The molecule has 6 nitrogen and oxygen atoms in total. The number of rotatable bonds is 4. The third kappa shape index (κ3) is 2.06. The average Bonchev–Trinajstić information content (AvgIpc) is 2.78. The molecule has 1 aliphatic rings. The lowest BCUT2D eigenvalue weighted by Crippen LogP contribution is -2.39. The lowest BCUT2D eigenvalue weighted by molar-refractivity contribution is 0.179. The Hall–Kier alpha value is -1.95. The van der Waals surface area contributed by atoms with Crippen LogP contribution in [0.2, 0.25) is 0 Å². The Labute approximate surface area is 105 Å². The molecule has 1 aromatic carbocycles. The van der Waals surface area contributed by atoms with Crippen molar-refractivity contribution in [3.8, 4) is 11.5 Å². The molecule has 6 heteroatoms.